The lowest BCUT2D eigenvalue weighted by Gasteiger charge is -2.08. The summed E-state index contributed by atoms with van der Waals surface area (Å²) in [5.41, 5.74) is 1.57. The lowest BCUT2D eigenvalue weighted by atomic mass is 10.1. The molecule has 0 atom stereocenters. The number of carbonyl (C=O) groups is 1. The molecule has 0 saturated heterocycles. The van der Waals surface area contributed by atoms with Gasteiger partial charge in [0.2, 0.25) is 5.91 Å². The summed E-state index contributed by atoms with van der Waals surface area (Å²) in [6.45, 7) is 4.04. The lowest BCUT2D eigenvalue weighted by molar-refractivity contribution is -0.116. The van der Waals surface area contributed by atoms with Crippen molar-refractivity contribution >= 4 is 22.5 Å². The smallest absolute Gasteiger partial charge is 0.224 e. The van der Waals surface area contributed by atoms with Crippen LogP contribution in [0.4, 0.5) is 5.69 Å². The molecule has 0 unspecified atom stereocenters. The van der Waals surface area contributed by atoms with Crippen molar-refractivity contribution in [3.63, 3.8) is 0 Å². The number of anilines is 1. The summed E-state index contributed by atoms with van der Waals surface area (Å²) in [6, 6.07) is 7.60. The number of hydrogen-bond donors (Lipinski definition) is 1. The zero-order chi connectivity index (χ0) is 13.8. The Bertz CT molecular complexity index is 594. The molecule has 0 spiro atoms. The van der Waals surface area contributed by atoms with Crippen molar-refractivity contribution in [2.75, 3.05) is 12.4 Å². The van der Waals surface area contributed by atoms with E-state index in [-0.39, 0.29) is 5.91 Å². The Hall–Kier alpha value is -2.10. The monoisotopic (exact) mass is 258 g/mol. The summed E-state index contributed by atoms with van der Waals surface area (Å²) in [7, 11) is 1.63. The Kier molecular flexibility index (Phi) is 4.00. The third-order valence-corrected chi connectivity index (χ3v) is 2.77. The molecule has 2 rings (SSSR count). The molecule has 0 aliphatic heterocycles. The maximum Gasteiger partial charge on any atom is 0.224 e. The van der Waals surface area contributed by atoms with Crippen LogP contribution < -0.4 is 10.1 Å². The standard InChI is InChI=1S/C15H18N2O2/c1-10(2)6-15(18)17-12-7-11-4-5-13(19-3)8-14(11)16-9-12/h4-5,7-10H,6H2,1-3H3,(H,17,18). The molecule has 19 heavy (non-hydrogen) atoms. The molecule has 0 aliphatic carbocycles. The number of benzene rings is 1. The second-order valence-corrected chi connectivity index (χ2v) is 4.93. The van der Waals surface area contributed by atoms with Crippen molar-refractivity contribution in [1.82, 2.24) is 4.98 Å². The summed E-state index contributed by atoms with van der Waals surface area (Å²) >= 11 is 0. The van der Waals surface area contributed by atoms with Gasteiger partial charge in [0.15, 0.2) is 0 Å². The van der Waals surface area contributed by atoms with Crippen LogP contribution in [0.15, 0.2) is 30.5 Å². The molecule has 0 aliphatic rings. The molecule has 1 amide bonds. The van der Waals surface area contributed by atoms with Gasteiger partial charge < -0.3 is 10.1 Å². The van der Waals surface area contributed by atoms with E-state index < -0.39 is 0 Å². The number of aromatic nitrogens is 1. The van der Waals surface area contributed by atoms with E-state index in [0.717, 1.165) is 22.3 Å². The van der Waals surface area contributed by atoms with Crippen molar-refractivity contribution in [2.24, 2.45) is 5.92 Å². The summed E-state index contributed by atoms with van der Waals surface area (Å²) < 4.78 is 5.15. The zero-order valence-electron chi connectivity index (χ0n) is 11.4. The largest absolute Gasteiger partial charge is 0.497 e. The molecule has 1 aromatic heterocycles. The van der Waals surface area contributed by atoms with Crippen LogP contribution in [0.1, 0.15) is 20.3 Å². The second kappa shape index (κ2) is 5.69. The van der Waals surface area contributed by atoms with Crippen molar-refractivity contribution < 1.29 is 9.53 Å². The van der Waals surface area contributed by atoms with Gasteiger partial charge in [-0.05, 0) is 24.1 Å². The van der Waals surface area contributed by atoms with E-state index in [4.69, 9.17) is 4.74 Å². The van der Waals surface area contributed by atoms with Crippen LogP contribution in [-0.2, 0) is 4.79 Å². The van der Waals surface area contributed by atoms with E-state index in [9.17, 15) is 4.79 Å². The molecule has 1 aromatic carbocycles. The van der Waals surface area contributed by atoms with Crippen molar-refractivity contribution in [1.29, 1.82) is 0 Å². The fraction of sp³-hybridized carbons (Fsp3) is 0.333. The number of fused-ring (bicyclic) bond motifs is 1. The number of ether oxygens (including phenoxy) is 1. The molecule has 0 radical (unpaired) electrons. The van der Waals surface area contributed by atoms with Gasteiger partial charge in [-0.3, -0.25) is 9.78 Å². The van der Waals surface area contributed by atoms with Gasteiger partial charge in [0.25, 0.3) is 0 Å². The first-order valence-corrected chi connectivity index (χ1v) is 6.32. The fourth-order valence-electron chi connectivity index (χ4n) is 1.88. The van der Waals surface area contributed by atoms with Crippen molar-refractivity contribution in [3.05, 3.63) is 30.5 Å². The first-order valence-electron chi connectivity index (χ1n) is 6.32. The minimum atomic E-state index is 0.0182. The molecular weight excluding hydrogens is 240 g/mol. The van der Waals surface area contributed by atoms with Crippen molar-refractivity contribution in [3.8, 4) is 5.75 Å². The Morgan fingerprint density at radius 1 is 1.37 bits per heavy atom. The summed E-state index contributed by atoms with van der Waals surface area (Å²) in [5, 5.41) is 3.84. The number of nitrogens with zero attached hydrogens (tertiary/aromatic N) is 1. The van der Waals surface area contributed by atoms with Crippen LogP contribution in [-0.4, -0.2) is 18.0 Å². The molecule has 4 heteroatoms. The van der Waals surface area contributed by atoms with E-state index in [1.165, 1.54) is 0 Å². The number of pyridine rings is 1. The highest BCUT2D eigenvalue weighted by Crippen LogP contribution is 2.21. The minimum absolute atomic E-state index is 0.0182. The Morgan fingerprint density at radius 3 is 2.84 bits per heavy atom. The summed E-state index contributed by atoms with van der Waals surface area (Å²) in [5.74, 6) is 1.14. The van der Waals surface area contributed by atoms with Gasteiger partial charge in [-0.15, -0.1) is 0 Å². The van der Waals surface area contributed by atoms with Crippen LogP contribution in [0.2, 0.25) is 0 Å². The van der Waals surface area contributed by atoms with Gasteiger partial charge in [0.1, 0.15) is 5.75 Å². The van der Waals surface area contributed by atoms with E-state index in [1.807, 2.05) is 38.1 Å². The van der Waals surface area contributed by atoms with Gasteiger partial charge in [0, 0.05) is 17.9 Å². The molecule has 0 fully saturated rings. The first-order chi connectivity index (χ1) is 9.08. The van der Waals surface area contributed by atoms with Gasteiger partial charge in [-0.1, -0.05) is 13.8 Å². The predicted octanol–water partition coefficient (Wildman–Crippen LogP) is 3.23. The highest BCUT2D eigenvalue weighted by Gasteiger charge is 2.06. The average molecular weight is 258 g/mol. The first kappa shape index (κ1) is 13.3. The number of nitrogens with one attached hydrogen (secondary N) is 1. The predicted molar refractivity (Wildman–Crippen MR) is 76.4 cm³/mol. The maximum atomic E-state index is 11.7. The number of rotatable bonds is 4. The van der Waals surface area contributed by atoms with Crippen LogP contribution >= 0.6 is 0 Å². The van der Waals surface area contributed by atoms with Gasteiger partial charge >= 0.3 is 0 Å². The molecule has 0 saturated carbocycles. The van der Waals surface area contributed by atoms with Crippen LogP contribution in [0.3, 0.4) is 0 Å². The highest BCUT2D eigenvalue weighted by molar-refractivity contribution is 5.93. The highest BCUT2D eigenvalue weighted by atomic mass is 16.5. The molecule has 0 bridgehead atoms. The number of hydrogen-bond acceptors (Lipinski definition) is 3. The third-order valence-electron chi connectivity index (χ3n) is 2.77. The van der Waals surface area contributed by atoms with Gasteiger partial charge in [-0.25, -0.2) is 0 Å². The number of methoxy groups -OCH3 is 1. The van der Waals surface area contributed by atoms with Crippen LogP contribution in [0, 0.1) is 5.92 Å². The van der Waals surface area contributed by atoms with E-state index in [1.54, 1.807) is 13.3 Å². The van der Waals surface area contributed by atoms with Crippen LogP contribution in [0.5, 0.6) is 5.75 Å². The van der Waals surface area contributed by atoms with Gasteiger partial charge in [0.05, 0.1) is 24.5 Å². The maximum absolute atomic E-state index is 11.7. The molecule has 1 heterocycles. The number of amides is 1. The SMILES string of the molecule is COc1ccc2cc(NC(=O)CC(C)C)cnc2c1. The normalized spacial score (nSPS) is 10.7. The molecule has 4 nitrogen and oxygen atoms in total. The third kappa shape index (κ3) is 3.44. The zero-order valence-corrected chi connectivity index (χ0v) is 11.4. The van der Waals surface area contributed by atoms with Gasteiger partial charge in [-0.2, -0.15) is 0 Å². The quantitative estimate of drug-likeness (QED) is 0.916. The minimum Gasteiger partial charge on any atom is -0.497 e. The Morgan fingerprint density at radius 2 is 2.16 bits per heavy atom. The summed E-state index contributed by atoms with van der Waals surface area (Å²) in [6.07, 6.45) is 2.18. The molecule has 100 valence electrons. The topological polar surface area (TPSA) is 51.2 Å². The average Bonchev–Trinajstić information content (AvgIpc) is 2.37. The lowest BCUT2D eigenvalue weighted by Crippen LogP contribution is -2.13. The van der Waals surface area contributed by atoms with Crippen molar-refractivity contribution in [2.45, 2.75) is 20.3 Å². The van der Waals surface area contributed by atoms with Crippen LogP contribution in [0.25, 0.3) is 10.9 Å². The number of carbonyl (C=O) groups excluding carboxylic acids is 1. The Labute approximate surface area is 112 Å². The summed E-state index contributed by atoms with van der Waals surface area (Å²) in [4.78, 5) is 16.0. The molecular formula is C15H18N2O2. The van der Waals surface area contributed by atoms with E-state index in [0.29, 0.717) is 12.3 Å². The van der Waals surface area contributed by atoms with E-state index in [2.05, 4.69) is 10.3 Å². The molecule has 1 N–H and O–H groups in total. The molecule has 2 aromatic rings. The second-order valence-electron chi connectivity index (χ2n) is 4.93. The fourth-order valence-corrected chi connectivity index (χ4v) is 1.88. The van der Waals surface area contributed by atoms with E-state index >= 15 is 0 Å². The Balaban J connectivity index is 2.20.